The predicted octanol–water partition coefficient (Wildman–Crippen LogP) is 4.76. The Morgan fingerprint density at radius 2 is 2.03 bits per heavy atom. The van der Waals surface area contributed by atoms with Crippen molar-refractivity contribution in [1.82, 2.24) is 24.1 Å². The van der Waals surface area contributed by atoms with Gasteiger partial charge >= 0.3 is 0 Å². The number of fused-ring (bicyclic) bond motifs is 2. The first-order valence-corrected chi connectivity index (χ1v) is 10.3. The fraction of sp³-hybridized carbons (Fsp3) is 0.136. The molecule has 0 spiro atoms. The van der Waals surface area contributed by atoms with Crippen LogP contribution in [0.25, 0.3) is 33.4 Å². The first-order chi connectivity index (χ1) is 15.5. The third kappa shape index (κ3) is 2.89. The molecule has 0 bridgehead atoms. The fourth-order valence-corrected chi connectivity index (χ4v) is 4.26. The first kappa shape index (κ1) is 19.0. The number of nitrogens with zero attached hydrogens (tertiary/aromatic N) is 4. The summed E-state index contributed by atoms with van der Waals surface area (Å²) in [6.07, 6.45) is 7.60. The third-order valence-electron chi connectivity index (χ3n) is 5.67. The lowest BCUT2D eigenvalue weighted by molar-refractivity contribution is -0.117. The first-order valence-electron chi connectivity index (χ1n) is 9.92. The van der Waals surface area contributed by atoms with Crippen molar-refractivity contribution < 1.29 is 13.6 Å². The Hall–Kier alpha value is -3.72. The van der Waals surface area contributed by atoms with Crippen molar-refractivity contribution in [3.05, 3.63) is 66.1 Å². The molecule has 0 saturated heterocycles. The van der Waals surface area contributed by atoms with Crippen molar-refractivity contribution in [3.8, 4) is 16.8 Å². The van der Waals surface area contributed by atoms with Gasteiger partial charge in [0.25, 0.3) is 0 Å². The molecule has 1 aliphatic rings. The number of pyridine rings is 1. The van der Waals surface area contributed by atoms with E-state index in [4.69, 9.17) is 11.6 Å². The number of rotatable bonds is 4. The number of aromatic amines is 1. The zero-order valence-corrected chi connectivity index (χ0v) is 17.1. The minimum Gasteiger partial charge on any atom is -0.319 e. The number of nitrogens with one attached hydrogen (secondary N) is 2. The van der Waals surface area contributed by atoms with E-state index < -0.39 is 17.9 Å². The minimum atomic E-state index is -1.08. The van der Waals surface area contributed by atoms with E-state index in [0.29, 0.717) is 33.5 Å². The molecule has 4 heterocycles. The zero-order chi connectivity index (χ0) is 22.0. The number of anilines is 1. The lowest BCUT2D eigenvalue weighted by atomic mass is 10.0. The van der Waals surface area contributed by atoms with Crippen molar-refractivity contribution in [2.24, 2.45) is 5.92 Å². The Morgan fingerprint density at radius 3 is 2.78 bits per heavy atom. The van der Waals surface area contributed by atoms with Gasteiger partial charge in [0.15, 0.2) is 11.6 Å². The highest BCUT2D eigenvalue weighted by Crippen LogP contribution is 2.40. The lowest BCUT2D eigenvalue weighted by Crippen LogP contribution is -2.15. The Labute approximate surface area is 184 Å². The number of benzene rings is 1. The molecule has 32 heavy (non-hydrogen) atoms. The van der Waals surface area contributed by atoms with E-state index in [2.05, 4.69) is 20.5 Å². The molecule has 0 radical (unpaired) electrons. The van der Waals surface area contributed by atoms with E-state index >= 15 is 4.39 Å². The molecule has 2 N–H and O–H groups in total. The molecule has 6 rings (SSSR count). The molecule has 2 atom stereocenters. The number of hydrogen-bond donors (Lipinski definition) is 2. The molecule has 10 heteroatoms. The van der Waals surface area contributed by atoms with Crippen LogP contribution in [0.5, 0.6) is 0 Å². The summed E-state index contributed by atoms with van der Waals surface area (Å²) in [7, 11) is 0. The number of aromatic nitrogens is 5. The summed E-state index contributed by atoms with van der Waals surface area (Å²) in [5, 5.41) is 10.2. The molecular formula is C22H15ClF2N6O. The van der Waals surface area contributed by atoms with Crippen LogP contribution in [0.3, 0.4) is 0 Å². The molecule has 2 unspecified atom stereocenters. The predicted molar refractivity (Wildman–Crippen MR) is 116 cm³/mol. The van der Waals surface area contributed by atoms with Gasteiger partial charge in [-0.2, -0.15) is 5.10 Å². The summed E-state index contributed by atoms with van der Waals surface area (Å²) in [5.74, 6) is -1.24. The molecule has 1 saturated carbocycles. The number of imidazole rings is 1. The Morgan fingerprint density at radius 1 is 1.25 bits per heavy atom. The van der Waals surface area contributed by atoms with E-state index in [-0.39, 0.29) is 23.0 Å². The molecular weight excluding hydrogens is 438 g/mol. The monoisotopic (exact) mass is 452 g/mol. The molecule has 1 fully saturated rings. The van der Waals surface area contributed by atoms with Crippen LogP contribution in [0.2, 0.25) is 5.02 Å². The van der Waals surface area contributed by atoms with Crippen molar-refractivity contribution in [1.29, 1.82) is 0 Å². The summed E-state index contributed by atoms with van der Waals surface area (Å²) in [6, 6.07) is 7.10. The summed E-state index contributed by atoms with van der Waals surface area (Å²) in [4.78, 5) is 16.3. The average molecular weight is 453 g/mol. The Bertz CT molecular complexity index is 1510. The van der Waals surface area contributed by atoms with Gasteiger partial charge in [-0.05, 0) is 30.7 Å². The van der Waals surface area contributed by atoms with Crippen molar-refractivity contribution >= 4 is 39.9 Å². The smallest absolute Gasteiger partial charge is 0.231 e. The quantitative estimate of drug-likeness (QED) is 0.412. The standard InChI is InChI=1S/C22H15ClF2N6O/c23-18-17(13-8-26-29-20(13)21(19(18)25)30-5-1-2-6-30)11-3-4-16-27-15(10-31(16)9-11)28-22(32)12-7-14(12)24/h1-6,8-10,12,14H,7H2,(H,26,29)(H,28,32). The topological polar surface area (TPSA) is 80.0 Å². The number of amides is 1. The molecule has 5 aromatic rings. The summed E-state index contributed by atoms with van der Waals surface area (Å²) in [6.45, 7) is 0. The van der Waals surface area contributed by atoms with Gasteiger partial charge in [-0.15, -0.1) is 0 Å². The van der Waals surface area contributed by atoms with E-state index in [1.807, 2.05) is 0 Å². The number of alkyl halides is 1. The maximum absolute atomic E-state index is 15.4. The highest BCUT2D eigenvalue weighted by atomic mass is 35.5. The second kappa shape index (κ2) is 6.89. The van der Waals surface area contributed by atoms with E-state index in [1.165, 1.54) is 0 Å². The molecule has 1 aliphatic carbocycles. The highest BCUT2D eigenvalue weighted by molar-refractivity contribution is 6.35. The summed E-state index contributed by atoms with van der Waals surface area (Å²) >= 11 is 6.52. The van der Waals surface area contributed by atoms with Gasteiger partial charge in [0.05, 0.1) is 28.9 Å². The fourth-order valence-electron chi connectivity index (χ4n) is 3.96. The maximum Gasteiger partial charge on any atom is 0.231 e. The molecule has 160 valence electrons. The normalized spacial score (nSPS) is 17.8. The van der Waals surface area contributed by atoms with Crippen LogP contribution in [0, 0.1) is 11.7 Å². The number of hydrogen-bond acceptors (Lipinski definition) is 3. The van der Waals surface area contributed by atoms with Gasteiger partial charge in [-0.1, -0.05) is 11.6 Å². The molecule has 1 aromatic carbocycles. The molecule has 0 aliphatic heterocycles. The largest absolute Gasteiger partial charge is 0.319 e. The van der Waals surface area contributed by atoms with E-state index in [0.717, 1.165) is 0 Å². The van der Waals surface area contributed by atoms with Gasteiger partial charge in [0, 0.05) is 35.1 Å². The van der Waals surface area contributed by atoms with Crippen LogP contribution in [0.1, 0.15) is 6.42 Å². The van der Waals surface area contributed by atoms with Crippen LogP contribution < -0.4 is 5.32 Å². The van der Waals surface area contributed by atoms with Gasteiger partial charge < -0.3 is 14.3 Å². The van der Waals surface area contributed by atoms with Gasteiger partial charge in [-0.25, -0.2) is 13.8 Å². The molecule has 4 aromatic heterocycles. The maximum atomic E-state index is 15.4. The van der Waals surface area contributed by atoms with Crippen molar-refractivity contribution in [3.63, 3.8) is 0 Å². The van der Waals surface area contributed by atoms with Crippen LogP contribution in [0.4, 0.5) is 14.6 Å². The third-order valence-corrected chi connectivity index (χ3v) is 6.02. The van der Waals surface area contributed by atoms with E-state index in [9.17, 15) is 9.18 Å². The Balaban J connectivity index is 1.45. The lowest BCUT2D eigenvalue weighted by Gasteiger charge is -2.13. The Kier molecular flexibility index (Phi) is 4.09. The average Bonchev–Trinajstić information content (AvgIpc) is 3.21. The minimum absolute atomic E-state index is 0.0293. The second-order valence-electron chi connectivity index (χ2n) is 7.76. The number of carbonyl (C=O) groups excluding carboxylic acids is 1. The van der Waals surface area contributed by atoms with Crippen molar-refractivity contribution in [2.45, 2.75) is 12.6 Å². The van der Waals surface area contributed by atoms with E-state index in [1.54, 1.807) is 64.2 Å². The second-order valence-corrected chi connectivity index (χ2v) is 8.14. The SMILES string of the molecule is O=C(Nc1cn2cc(-c3c(Cl)c(F)c(-n4cccc4)c4[nH]ncc34)ccc2n1)C1CC1F. The van der Waals surface area contributed by atoms with Crippen LogP contribution in [-0.2, 0) is 4.79 Å². The summed E-state index contributed by atoms with van der Waals surface area (Å²) < 4.78 is 31.9. The number of carbonyl (C=O) groups is 1. The number of halogens is 3. The molecule has 7 nitrogen and oxygen atoms in total. The van der Waals surface area contributed by atoms with Gasteiger partial charge in [0.1, 0.15) is 17.5 Å². The molecule has 1 amide bonds. The van der Waals surface area contributed by atoms with Crippen molar-refractivity contribution in [2.75, 3.05) is 5.32 Å². The van der Waals surface area contributed by atoms with Crippen LogP contribution in [0.15, 0.2) is 55.2 Å². The van der Waals surface area contributed by atoms with Gasteiger partial charge in [-0.3, -0.25) is 9.89 Å². The van der Waals surface area contributed by atoms with Crippen LogP contribution >= 0.6 is 11.6 Å². The summed E-state index contributed by atoms with van der Waals surface area (Å²) in [5.41, 5.74) is 2.51. The number of H-pyrrole nitrogens is 1. The van der Waals surface area contributed by atoms with Gasteiger partial charge in [0.2, 0.25) is 5.91 Å². The highest BCUT2D eigenvalue weighted by Gasteiger charge is 2.43. The zero-order valence-electron chi connectivity index (χ0n) is 16.4. The van der Waals surface area contributed by atoms with Crippen LogP contribution in [-0.4, -0.2) is 36.2 Å².